The van der Waals surface area contributed by atoms with Crippen molar-refractivity contribution in [3.8, 4) is 23.0 Å². The standard InChI is InChI=1S/C35H29FN4O6/c1-44-29-11-6-22-18-30(29)45-16-4-13-37-33(41)26-19-24(8-10-28(26)36)46-23-7-9-25-21(17-23)12-15-40(32(22)25)35(43)27-20-38-31-5-2-3-14-39(31)34(27)42/h2-3,5-11,14,17-20,32H,4,12-13,15-16H2,1H3,(H,37,41). The van der Waals surface area contributed by atoms with Crippen molar-refractivity contribution >= 4 is 17.5 Å². The van der Waals surface area contributed by atoms with Gasteiger partial charge in [-0.2, -0.15) is 0 Å². The Hall–Kier alpha value is -5.71. The molecular formula is C35H29FN4O6. The van der Waals surface area contributed by atoms with Crippen molar-refractivity contribution in [2.24, 2.45) is 0 Å². The normalized spacial score (nSPS) is 16.1. The van der Waals surface area contributed by atoms with Gasteiger partial charge in [0.1, 0.15) is 28.5 Å². The highest BCUT2D eigenvalue weighted by molar-refractivity contribution is 5.95. The highest BCUT2D eigenvalue weighted by Gasteiger charge is 2.35. The first-order valence-electron chi connectivity index (χ1n) is 14.9. The number of halogens is 1. The molecule has 3 aliphatic rings. The van der Waals surface area contributed by atoms with Crippen molar-refractivity contribution < 1.29 is 28.2 Å². The summed E-state index contributed by atoms with van der Waals surface area (Å²) < 4.78 is 33.7. The fraction of sp³-hybridized carbons (Fsp3) is 0.200. The maximum Gasteiger partial charge on any atom is 0.270 e. The second-order valence-electron chi connectivity index (χ2n) is 11.0. The second kappa shape index (κ2) is 12.0. The molecule has 3 aliphatic heterocycles. The van der Waals surface area contributed by atoms with Crippen LogP contribution in [0.4, 0.5) is 4.39 Å². The van der Waals surface area contributed by atoms with Crippen LogP contribution in [0, 0.1) is 5.82 Å². The molecule has 1 N–H and O–H groups in total. The van der Waals surface area contributed by atoms with Crippen molar-refractivity contribution in [1.29, 1.82) is 0 Å². The molecular weight excluding hydrogens is 591 g/mol. The molecule has 0 saturated carbocycles. The molecule has 5 aromatic rings. The van der Waals surface area contributed by atoms with E-state index in [0.717, 1.165) is 16.7 Å². The van der Waals surface area contributed by atoms with Gasteiger partial charge in [-0.3, -0.25) is 18.8 Å². The van der Waals surface area contributed by atoms with Gasteiger partial charge in [-0.05, 0) is 84.1 Å². The van der Waals surface area contributed by atoms with Gasteiger partial charge in [0.2, 0.25) is 0 Å². The number of aromatic nitrogens is 2. The molecule has 11 heteroatoms. The zero-order chi connectivity index (χ0) is 31.8. The van der Waals surface area contributed by atoms with Crippen LogP contribution in [-0.4, -0.2) is 52.9 Å². The van der Waals surface area contributed by atoms with Gasteiger partial charge in [0.25, 0.3) is 17.4 Å². The number of benzene rings is 3. The van der Waals surface area contributed by atoms with E-state index in [-0.39, 0.29) is 24.3 Å². The molecule has 5 heterocycles. The van der Waals surface area contributed by atoms with E-state index < -0.39 is 29.2 Å². The number of nitrogens with one attached hydrogen (secondary N) is 1. The van der Waals surface area contributed by atoms with Crippen LogP contribution >= 0.6 is 0 Å². The average molecular weight is 621 g/mol. The van der Waals surface area contributed by atoms with Gasteiger partial charge >= 0.3 is 0 Å². The van der Waals surface area contributed by atoms with E-state index in [4.69, 9.17) is 14.2 Å². The predicted molar refractivity (Wildman–Crippen MR) is 166 cm³/mol. The van der Waals surface area contributed by atoms with Crippen LogP contribution in [0.3, 0.4) is 0 Å². The number of ether oxygens (including phenoxy) is 3. The zero-order valence-corrected chi connectivity index (χ0v) is 24.9. The van der Waals surface area contributed by atoms with E-state index in [9.17, 15) is 18.8 Å². The summed E-state index contributed by atoms with van der Waals surface area (Å²) in [4.78, 5) is 46.4. The van der Waals surface area contributed by atoms with Crippen LogP contribution in [0.2, 0.25) is 0 Å². The van der Waals surface area contributed by atoms with Gasteiger partial charge in [-0.25, -0.2) is 9.37 Å². The van der Waals surface area contributed by atoms with E-state index in [1.54, 1.807) is 41.4 Å². The quantitative estimate of drug-likeness (QED) is 0.298. The number of hydrogen-bond acceptors (Lipinski definition) is 7. The lowest BCUT2D eigenvalue weighted by Gasteiger charge is -2.38. The molecule has 0 fully saturated rings. The highest BCUT2D eigenvalue weighted by atomic mass is 19.1. The molecule has 3 aromatic carbocycles. The molecule has 10 nitrogen and oxygen atoms in total. The van der Waals surface area contributed by atoms with Crippen LogP contribution in [-0.2, 0) is 6.42 Å². The third-order valence-corrected chi connectivity index (χ3v) is 8.23. The van der Waals surface area contributed by atoms with Crippen molar-refractivity contribution in [2.75, 3.05) is 26.8 Å². The van der Waals surface area contributed by atoms with Crippen LogP contribution < -0.4 is 25.1 Å². The summed E-state index contributed by atoms with van der Waals surface area (Å²) in [6.45, 7) is 0.786. The van der Waals surface area contributed by atoms with Crippen molar-refractivity contribution in [3.05, 3.63) is 129 Å². The summed E-state index contributed by atoms with van der Waals surface area (Å²) in [7, 11) is 1.54. The summed E-state index contributed by atoms with van der Waals surface area (Å²) in [6.07, 6.45) is 3.85. The Morgan fingerprint density at radius 1 is 1.04 bits per heavy atom. The monoisotopic (exact) mass is 620 g/mol. The van der Waals surface area contributed by atoms with Gasteiger partial charge in [-0.15, -0.1) is 0 Å². The number of fused-ring (bicyclic) bond motifs is 7. The minimum Gasteiger partial charge on any atom is -0.493 e. The van der Waals surface area contributed by atoms with Crippen LogP contribution in [0.1, 0.15) is 49.9 Å². The van der Waals surface area contributed by atoms with E-state index in [0.29, 0.717) is 48.0 Å². The Morgan fingerprint density at radius 3 is 2.76 bits per heavy atom. The molecule has 46 heavy (non-hydrogen) atoms. The Kier molecular flexibility index (Phi) is 7.57. The molecule has 1 atom stereocenters. The minimum absolute atomic E-state index is 0.0364. The van der Waals surface area contributed by atoms with Gasteiger partial charge in [0.15, 0.2) is 11.5 Å². The lowest BCUT2D eigenvalue weighted by Crippen LogP contribution is -2.43. The van der Waals surface area contributed by atoms with Gasteiger partial charge < -0.3 is 24.4 Å². The van der Waals surface area contributed by atoms with Gasteiger partial charge in [0.05, 0.1) is 25.3 Å². The number of carbonyl (C=O) groups is 2. The van der Waals surface area contributed by atoms with Gasteiger partial charge in [0, 0.05) is 25.5 Å². The maximum atomic E-state index is 14.6. The van der Waals surface area contributed by atoms with Crippen LogP contribution in [0.25, 0.3) is 5.65 Å². The molecule has 1 unspecified atom stereocenters. The average Bonchev–Trinajstić information content (AvgIpc) is 3.08. The molecule has 2 amide bonds. The van der Waals surface area contributed by atoms with E-state index in [1.165, 1.54) is 35.9 Å². The first kappa shape index (κ1) is 29.0. The smallest absolute Gasteiger partial charge is 0.270 e. The molecule has 232 valence electrons. The molecule has 8 bridgehead atoms. The SMILES string of the molecule is COc1ccc2cc1OCCCNC(=O)c1cc(ccc1F)Oc1ccc3c(c1)CCN(C(=O)c1cnc4ccccn4c1=O)C23. The molecule has 0 aliphatic carbocycles. The lowest BCUT2D eigenvalue weighted by molar-refractivity contribution is 0.0691. The lowest BCUT2D eigenvalue weighted by atomic mass is 9.87. The Morgan fingerprint density at radius 2 is 1.89 bits per heavy atom. The Labute approximate surface area is 263 Å². The summed E-state index contributed by atoms with van der Waals surface area (Å²) in [5, 5.41) is 2.73. The van der Waals surface area contributed by atoms with E-state index >= 15 is 0 Å². The third-order valence-electron chi connectivity index (χ3n) is 8.23. The Bertz CT molecular complexity index is 2060. The molecule has 0 radical (unpaired) electrons. The summed E-state index contributed by atoms with van der Waals surface area (Å²) in [6, 6.07) is 19.7. The summed E-state index contributed by atoms with van der Waals surface area (Å²) >= 11 is 0. The third kappa shape index (κ3) is 5.29. The number of amides is 2. The maximum absolute atomic E-state index is 14.6. The minimum atomic E-state index is -0.656. The fourth-order valence-electron chi connectivity index (χ4n) is 5.98. The summed E-state index contributed by atoms with van der Waals surface area (Å²) in [5.74, 6) is 0.103. The second-order valence-corrected chi connectivity index (χ2v) is 11.0. The molecule has 0 spiro atoms. The first-order chi connectivity index (χ1) is 22.4. The van der Waals surface area contributed by atoms with Crippen LogP contribution in [0.5, 0.6) is 23.0 Å². The van der Waals surface area contributed by atoms with E-state index in [2.05, 4.69) is 10.3 Å². The first-order valence-corrected chi connectivity index (χ1v) is 14.9. The molecule has 0 saturated heterocycles. The molecule has 2 aromatic heterocycles. The zero-order valence-electron chi connectivity index (χ0n) is 24.9. The van der Waals surface area contributed by atoms with Crippen molar-refractivity contribution in [2.45, 2.75) is 18.9 Å². The number of rotatable bonds is 2. The van der Waals surface area contributed by atoms with Crippen molar-refractivity contribution in [1.82, 2.24) is 19.6 Å². The topological polar surface area (TPSA) is 111 Å². The largest absolute Gasteiger partial charge is 0.493 e. The predicted octanol–water partition coefficient (Wildman–Crippen LogP) is 4.93. The Balaban J connectivity index is 1.35. The van der Waals surface area contributed by atoms with Gasteiger partial charge in [-0.1, -0.05) is 18.2 Å². The fourth-order valence-corrected chi connectivity index (χ4v) is 5.98. The van der Waals surface area contributed by atoms with E-state index in [1.807, 2.05) is 24.3 Å². The number of hydrogen-bond donors (Lipinski definition) is 1. The number of carbonyl (C=O) groups excluding carboxylic acids is 2. The number of methoxy groups -OCH3 is 1. The highest BCUT2D eigenvalue weighted by Crippen LogP contribution is 2.41. The van der Waals surface area contributed by atoms with Crippen LogP contribution in [0.15, 0.2) is 90.0 Å². The summed E-state index contributed by atoms with van der Waals surface area (Å²) in [5.41, 5.74) is 2.36. The number of pyridine rings is 1. The number of nitrogens with zero attached hydrogens (tertiary/aromatic N) is 3. The van der Waals surface area contributed by atoms with Crippen molar-refractivity contribution in [3.63, 3.8) is 0 Å². The molecule has 8 rings (SSSR count).